The Morgan fingerprint density at radius 3 is 2.60 bits per heavy atom. The Balaban J connectivity index is 1.92. The van der Waals surface area contributed by atoms with Crippen LogP contribution in [0.4, 0.5) is 14.5 Å². The van der Waals surface area contributed by atoms with E-state index in [1.165, 1.54) is 6.26 Å². The van der Waals surface area contributed by atoms with E-state index < -0.39 is 23.4 Å². The van der Waals surface area contributed by atoms with Gasteiger partial charge in [-0.3, -0.25) is 9.59 Å². The first kappa shape index (κ1) is 13.7. The molecule has 2 aromatic rings. The maximum Gasteiger partial charge on any atom is 0.313 e. The highest BCUT2D eigenvalue weighted by atomic mass is 19.1. The van der Waals surface area contributed by atoms with Crippen LogP contribution in [0.15, 0.2) is 41.0 Å². The molecule has 0 bridgehead atoms. The van der Waals surface area contributed by atoms with E-state index in [0.29, 0.717) is 11.8 Å². The minimum absolute atomic E-state index is 0.0329. The van der Waals surface area contributed by atoms with Gasteiger partial charge in [0, 0.05) is 6.07 Å². The highest BCUT2D eigenvalue weighted by molar-refractivity contribution is 6.39. The predicted octanol–water partition coefficient (Wildman–Crippen LogP) is 1.81. The van der Waals surface area contributed by atoms with E-state index in [1.807, 2.05) is 5.32 Å². The van der Waals surface area contributed by atoms with Crippen molar-refractivity contribution < 1.29 is 22.8 Å². The zero-order valence-corrected chi connectivity index (χ0v) is 10.2. The summed E-state index contributed by atoms with van der Waals surface area (Å²) in [5, 5.41) is 4.34. The number of carbonyl (C=O) groups is 2. The van der Waals surface area contributed by atoms with Gasteiger partial charge >= 0.3 is 11.8 Å². The predicted molar refractivity (Wildman–Crippen MR) is 65.5 cm³/mol. The highest BCUT2D eigenvalue weighted by Gasteiger charge is 2.15. The standard InChI is InChI=1S/C13H10F2N2O3/c14-8-3-4-11(10(15)6-8)17-13(19)12(18)16-7-9-2-1-5-20-9/h1-6H,7H2,(H,16,18)(H,17,19). The topological polar surface area (TPSA) is 71.3 Å². The summed E-state index contributed by atoms with van der Waals surface area (Å²) in [7, 11) is 0. The van der Waals surface area contributed by atoms with Crippen molar-refractivity contribution in [1.29, 1.82) is 0 Å². The van der Waals surface area contributed by atoms with Crippen LogP contribution in [0.25, 0.3) is 0 Å². The van der Waals surface area contributed by atoms with Crippen LogP contribution in [0.1, 0.15) is 5.76 Å². The first-order chi connectivity index (χ1) is 9.56. The summed E-state index contributed by atoms with van der Waals surface area (Å²) < 4.78 is 30.9. The molecule has 7 heteroatoms. The smallest absolute Gasteiger partial charge is 0.313 e. The number of hydrogen-bond acceptors (Lipinski definition) is 3. The van der Waals surface area contributed by atoms with Gasteiger partial charge in [0.1, 0.15) is 17.4 Å². The van der Waals surface area contributed by atoms with Gasteiger partial charge in [-0.15, -0.1) is 0 Å². The molecule has 5 nitrogen and oxygen atoms in total. The molecule has 20 heavy (non-hydrogen) atoms. The zero-order chi connectivity index (χ0) is 14.5. The van der Waals surface area contributed by atoms with E-state index in [4.69, 9.17) is 4.42 Å². The Morgan fingerprint density at radius 1 is 1.15 bits per heavy atom. The Bertz CT molecular complexity index is 627. The van der Waals surface area contributed by atoms with Crippen LogP contribution in [-0.4, -0.2) is 11.8 Å². The second-order valence-electron chi connectivity index (χ2n) is 3.84. The van der Waals surface area contributed by atoms with Crippen molar-refractivity contribution in [2.45, 2.75) is 6.54 Å². The average Bonchev–Trinajstić information content (AvgIpc) is 2.92. The number of carbonyl (C=O) groups excluding carboxylic acids is 2. The molecule has 104 valence electrons. The molecule has 0 aliphatic carbocycles. The largest absolute Gasteiger partial charge is 0.467 e. The molecule has 1 heterocycles. The van der Waals surface area contributed by atoms with Crippen molar-refractivity contribution in [3.8, 4) is 0 Å². The number of rotatable bonds is 3. The first-order valence-corrected chi connectivity index (χ1v) is 5.63. The van der Waals surface area contributed by atoms with Gasteiger partial charge < -0.3 is 15.1 Å². The molecule has 0 atom stereocenters. The third-order valence-electron chi connectivity index (χ3n) is 2.39. The SMILES string of the molecule is O=C(NCc1ccco1)C(=O)Nc1ccc(F)cc1F. The Labute approximate surface area is 112 Å². The van der Waals surface area contributed by atoms with Crippen molar-refractivity contribution in [3.05, 3.63) is 54.0 Å². The van der Waals surface area contributed by atoms with E-state index in [9.17, 15) is 18.4 Å². The fourth-order valence-electron chi connectivity index (χ4n) is 1.43. The fourth-order valence-corrected chi connectivity index (χ4v) is 1.43. The summed E-state index contributed by atoms with van der Waals surface area (Å²) >= 11 is 0. The van der Waals surface area contributed by atoms with Crippen molar-refractivity contribution in [3.63, 3.8) is 0 Å². The quantitative estimate of drug-likeness (QED) is 0.842. The lowest BCUT2D eigenvalue weighted by molar-refractivity contribution is -0.136. The third kappa shape index (κ3) is 3.41. The van der Waals surface area contributed by atoms with Gasteiger partial charge in [0.15, 0.2) is 0 Å². The Morgan fingerprint density at radius 2 is 1.95 bits per heavy atom. The summed E-state index contributed by atoms with van der Waals surface area (Å²) in [5.41, 5.74) is -0.274. The van der Waals surface area contributed by atoms with Crippen LogP contribution >= 0.6 is 0 Å². The molecule has 0 saturated carbocycles. The number of furan rings is 1. The summed E-state index contributed by atoms with van der Waals surface area (Å²) in [4.78, 5) is 23.0. The monoisotopic (exact) mass is 280 g/mol. The second kappa shape index (κ2) is 5.96. The van der Waals surface area contributed by atoms with Crippen LogP contribution in [0, 0.1) is 11.6 Å². The Hall–Kier alpha value is -2.70. The van der Waals surface area contributed by atoms with E-state index in [0.717, 1.165) is 12.1 Å². The first-order valence-electron chi connectivity index (χ1n) is 5.63. The van der Waals surface area contributed by atoms with E-state index >= 15 is 0 Å². The molecule has 0 unspecified atom stereocenters. The lowest BCUT2D eigenvalue weighted by Gasteiger charge is -2.06. The van der Waals surface area contributed by atoms with E-state index in [-0.39, 0.29) is 12.2 Å². The molecule has 0 spiro atoms. The van der Waals surface area contributed by atoms with Crippen LogP contribution in [0.2, 0.25) is 0 Å². The molecule has 0 radical (unpaired) electrons. The number of nitrogens with one attached hydrogen (secondary N) is 2. The molecule has 0 saturated heterocycles. The number of amides is 2. The molecule has 1 aromatic carbocycles. The second-order valence-corrected chi connectivity index (χ2v) is 3.84. The van der Waals surface area contributed by atoms with Gasteiger partial charge in [0.25, 0.3) is 0 Å². The number of hydrogen-bond donors (Lipinski definition) is 2. The summed E-state index contributed by atoms with van der Waals surface area (Å²) in [6.07, 6.45) is 1.43. The molecule has 2 rings (SSSR count). The number of benzene rings is 1. The average molecular weight is 280 g/mol. The van der Waals surface area contributed by atoms with Crippen molar-refractivity contribution in [1.82, 2.24) is 5.32 Å². The molecular weight excluding hydrogens is 270 g/mol. The zero-order valence-electron chi connectivity index (χ0n) is 10.2. The van der Waals surface area contributed by atoms with Crippen LogP contribution in [0.5, 0.6) is 0 Å². The number of halogens is 2. The van der Waals surface area contributed by atoms with Crippen molar-refractivity contribution in [2.24, 2.45) is 0 Å². The van der Waals surface area contributed by atoms with Crippen LogP contribution < -0.4 is 10.6 Å². The normalized spacial score (nSPS) is 10.1. The minimum Gasteiger partial charge on any atom is -0.467 e. The van der Waals surface area contributed by atoms with Gasteiger partial charge in [-0.1, -0.05) is 0 Å². The van der Waals surface area contributed by atoms with Gasteiger partial charge in [-0.25, -0.2) is 8.78 Å². The van der Waals surface area contributed by atoms with Gasteiger partial charge in [-0.2, -0.15) is 0 Å². The maximum atomic E-state index is 13.3. The molecule has 2 amide bonds. The fraction of sp³-hybridized carbons (Fsp3) is 0.0769. The lowest BCUT2D eigenvalue weighted by Crippen LogP contribution is -2.35. The summed E-state index contributed by atoms with van der Waals surface area (Å²) in [6.45, 7) is 0.0329. The summed E-state index contributed by atoms with van der Waals surface area (Å²) in [5.74, 6) is -3.27. The maximum absolute atomic E-state index is 13.3. The molecule has 0 aliphatic rings. The number of anilines is 1. The summed E-state index contributed by atoms with van der Waals surface area (Å²) in [6, 6.07) is 5.87. The highest BCUT2D eigenvalue weighted by Crippen LogP contribution is 2.14. The van der Waals surface area contributed by atoms with Crippen molar-refractivity contribution in [2.75, 3.05) is 5.32 Å². The Kier molecular flexibility index (Phi) is 4.09. The molecular formula is C13H10F2N2O3. The molecule has 0 fully saturated rings. The van der Waals surface area contributed by atoms with Gasteiger partial charge in [-0.05, 0) is 24.3 Å². The van der Waals surface area contributed by atoms with Crippen molar-refractivity contribution >= 4 is 17.5 Å². The van der Waals surface area contributed by atoms with Gasteiger partial charge in [0.2, 0.25) is 0 Å². The third-order valence-corrected chi connectivity index (χ3v) is 2.39. The molecule has 2 N–H and O–H groups in total. The lowest BCUT2D eigenvalue weighted by atomic mass is 10.3. The molecule has 0 aliphatic heterocycles. The van der Waals surface area contributed by atoms with Crippen LogP contribution in [0.3, 0.4) is 0 Å². The minimum atomic E-state index is -1.05. The van der Waals surface area contributed by atoms with E-state index in [1.54, 1.807) is 12.1 Å². The van der Waals surface area contributed by atoms with Gasteiger partial charge in [0.05, 0.1) is 18.5 Å². The van der Waals surface area contributed by atoms with Crippen LogP contribution in [-0.2, 0) is 16.1 Å². The van der Waals surface area contributed by atoms with E-state index in [2.05, 4.69) is 5.32 Å². The molecule has 1 aromatic heterocycles.